The fraction of sp³-hybridized carbons (Fsp3) is 0.438. The van der Waals surface area contributed by atoms with Crippen LogP contribution in [0.3, 0.4) is 0 Å². The van der Waals surface area contributed by atoms with Crippen LogP contribution in [0.25, 0.3) is 0 Å². The molecule has 21 heavy (non-hydrogen) atoms. The summed E-state index contributed by atoms with van der Waals surface area (Å²) in [5.74, 6) is -2.08. The van der Waals surface area contributed by atoms with Crippen LogP contribution < -0.4 is 5.32 Å². The summed E-state index contributed by atoms with van der Waals surface area (Å²) < 4.78 is 0. The lowest BCUT2D eigenvalue weighted by Crippen LogP contribution is -2.29. The van der Waals surface area contributed by atoms with Crippen molar-refractivity contribution < 1.29 is 19.5 Å². The zero-order valence-electron chi connectivity index (χ0n) is 12.1. The summed E-state index contributed by atoms with van der Waals surface area (Å²) >= 11 is 0. The van der Waals surface area contributed by atoms with Gasteiger partial charge in [0.2, 0.25) is 5.91 Å². The van der Waals surface area contributed by atoms with Crippen molar-refractivity contribution in [1.29, 1.82) is 0 Å². The summed E-state index contributed by atoms with van der Waals surface area (Å²) in [6.07, 6.45) is 1.13. The van der Waals surface area contributed by atoms with Gasteiger partial charge in [0.25, 0.3) is 0 Å². The molecule has 1 saturated carbocycles. The van der Waals surface area contributed by atoms with E-state index in [9.17, 15) is 19.5 Å². The molecule has 1 fully saturated rings. The minimum absolute atomic E-state index is 0.0385. The van der Waals surface area contributed by atoms with Crippen LogP contribution in [-0.2, 0) is 9.59 Å². The predicted molar refractivity (Wildman–Crippen MR) is 78.1 cm³/mol. The molecule has 1 aromatic carbocycles. The Kier molecular flexibility index (Phi) is 4.40. The first-order chi connectivity index (χ1) is 9.88. The summed E-state index contributed by atoms with van der Waals surface area (Å²) in [7, 11) is 0. The second kappa shape index (κ2) is 6.08. The van der Waals surface area contributed by atoms with Crippen LogP contribution in [0.5, 0.6) is 0 Å². The standard InChI is InChI=1S/C16H19NO4/c1-9-7-13(14(8-9)16(20)21)15(19)17-12-5-3-11(4-6-12)10(2)18/h3-6,9,13-14H,7-8H2,1-2H3,(H,17,19)(H,20,21). The van der Waals surface area contributed by atoms with E-state index in [0.29, 0.717) is 24.1 Å². The molecule has 0 heterocycles. The molecule has 1 aliphatic carbocycles. The fourth-order valence-electron chi connectivity index (χ4n) is 2.88. The van der Waals surface area contributed by atoms with Crippen molar-refractivity contribution in [3.8, 4) is 0 Å². The highest BCUT2D eigenvalue weighted by atomic mass is 16.4. The first-order valence-corrected chi connectivity index (χ1v) is 7.03. The third-order valence-electron chi connectivity index (χ3n) is 4.01. The van der Waals surface area contributed by atoms with Crippen molar-refractivity contribution >= 4 is 23.3 Å². The molecule has 0 saturated heterocycles. The Morgan fingerprint density at radius 3 is 2.19 bits per heavy atom. The number of hydrogen-bond donors (Lipinski definition) is 2. The fourth-order valence-corrected chi connectivity index (χ4v) is 2.88. The van der Waals surface area contributed by atoms with Crippen LogP contribution in [0.1, 0.15) is 37.0 Å². The van der Waals surface area contributed by atoms with Crippen LogP contribution in [0.15, 0.2) is 24.3 Å². The maximum absolute atomic E-state index is 12.3. The predicted octanol–water partition coefficient (Wildman–Crippen LogP) is 2.57. The topological polar surface area (TPSA) is 83.5 Å². The molecule has 112 valence electrons. The van der Waals surface area contributed by atoms with E-state index in [-0.39, 0.29) is 17.6 Å². The molecule has 2 N–H and O–H groups in total. The van der Waals surface area contributed by atoms with Gasteiger partial charge in [-0.05, 0) is 49.9 Å². The summed E-state index contributed by atoms with van der Waals surface area (Å²) in [6, 6.07) is 6.60. The molecule has 0 radical (unpaired) electrons. The molecule has 5 heteroatoms. The lowest BCUT2D eigenvalue weighted by Gasteiger charge is -2.15. The van der Waals surface area contributed by atoms with Gasteiger partial charge in [-0.2, -0.15) is 0 Å². The highest BCUT2D eigenvalue weighted by Gasteiger charge is 2.41. The van der Waals surface area contributed by atoms with Crippen molar-refractivity contribution in [3.63, 3.8) is 0 Å². The number of rotatable bonds is 4. The maximum Gasteiger partial charge on any atom is 0.307 e. The van der Waals surface area contributed by atoms with Crippen LogP contribution in [-0.4, -0.2) is 22.8 Å². The molecular weight excluding hydrogens is 270 g/mol. The van der Waals surface area contributed by atoms with Crippen molar-refractivity contribution in [3.05, 3.63) is 29.8 Å². The molecule has 1 aliphatic rings. The quantitative estimate of drug-likeness (QED) is 0.834. The molecule has 1 amide bonds. The average molecular weight is 289 g/mol. The van der Waals surface area contributed by atoms with Gasteiger partial charge >= 0.3 is 5.97 Å². The van der Waals surface area contributed by atoms with E-state index < -0.39 is 17.8 Å². The van der Waals surface area contributed by atoms with Crippen LogP contribution in [0.2, 0.25) is 0 Å². The molecule has 1 aromatic rings. The van der Waals surface area contributed by atoms with E-state index >= 15 is 0 Å². The van der Waals surface area contributed by atoms with Gasteiger partial charge in [0, 0.05) is 11.3 Å². The number of ketones is 1. The van der Waals surface area contributed by atoms with Crippen LogP contribution in [0, 0.1) is 17.8 Å². The first-order valence-electron chi connectivity index (χ1n) is 7.03. The van der Waals surface area contributed by atoms with Gasteiger partial charge in [0.15, 0.2) is 5.78 Å². The molecule has 3 unspecified atom stereocenters. The van der Waals surface area contributed by atoms with Crippen molar-refractivity contribution in [2.75, 3.05) is 5.32 Å². The van der Waals surface area contributed by atoms with Crippen molar-refractivity contribution in [1.82, 2.24) is 0 Å². The minimum atomic E-state index is -0.911. The molecular formula is C16H19NO4. The molecule has 2 rings (SSSR count). The summed E-state index contributed by atoms with van der Waals surface area (Å²) in [6.45, 7) is 3.44. The largest absolute Gasteiger partial charge is 0.481 e. The summed E-state index contributed by atoms with van der Waals surface area (Å²) in [5, 5.41) is 11.9. The van der Waals surface area contributed by atoms with Gasteiger partial charge in [-0.1, -0.05) is 6.92 Å². The SMILES string of the molecule is CC(=O)c1ccc(NC(=O)C2CC(C)CC2C(=O)O)cc1. The highest BCUT2D eigenvalue weighted by Crippen LogP contribution is 2.37. The van der Waals surface area contributed by atoms with Crippen molar-refractivity contribution in [2.24, 2.45) is 17.8 Å². The Labute approximate surface area is 123 Å². The number of amides is 1. The van der Waals surface area contributed by atoms with Gasteiger partial charge in [-0.15, -0.1) is 0 Å². The van der Waals surface area contributed by atoms with E-state index in [2.05, 4.69) is 5.32 Å². The number of carbonyl (C=O) groups excluding carboxylic acids is 2. The summed E-state index contributed by atoms with van der Waals surface area (Å²) in [4.78, 5) is 34.7. The zero-order valence-corrected chi connectivity index (χ0v) is 12.1. The first kappa shape index (κ1) is 15.2. The number of benzene rings is 1. The van der Waals surface area contributed by atoms with Gasteiger partial charge < -0.3 is 10.4 Å². The maximum atomic E-state index is 12.3. The van der Waals surface area contributed by atoms with Gasteiger partial charge in [0.05, 0.1) is 11.8 Å². The van der Waals surface area contributed by atoms with Gasteiger partial charge in [-0.25, -0.2) is 0 Å². The second-order valence-electron chi connectivity index (χ2n) is 5.75. The van der Waals surface area contributed by atoms with Crippen LogP contribution >= 0.6 is 0 Å². The zero-order chi connectivity index (χ0) is 15.6. The smallest absolute Gasteiger partial charge is 0.307 e. The molecule has 3 atom stereocenters. The van der Waals surface area contributed by atoms with E-state index in [0.717, 1.165) is 0 Å². The number of nitrogens with one attached hydrogen (secondary N) is 1. The summed E-state index contributed by atoms with van der Waals surface area (Å²) in [5.41, 5.74) is 1.15. The Morgan fingerprint density at radius 2 is 1.67 bits per heavy atom. The molecule has 0 spiro atoms. The number of aliphatic carboxylic acids is 1. The molecule has 0 aromatic heterocycles. The number of hydrogen-bond acceptors (Lipinski definition) is 3. The number of Topliss-reactive ketones (excluding diaryl/α,β-unsaturated/α-hetero) is 1. The number of carboxylic acids is 1. The Morgan fingerprint density at radius 1 is 1.10 bits per heavy atom. The lowest BCUT2D eigenvalue weighted by atomic mass is 9.95. The molecule has 0 aliphatic heterocycles. The van der Waals surface area contributed by atoms with Gasteiger partial charge in [0.1, 0.15) is 0 Å². The third kappa shape index (κ3) is 3.48. The molecule has 0 bridgehead atoms. The van der Waals surface area contributed by atoms with E-state index in [4.69, 9.17) is 0 Å². The monoisotopic (exact) mass is 289 g/mol. The second-order valence-corrected chi connectivity index (χ2v) is 5.75. The van der Waals surface area contributed by atoms with Crippen molar-refractivity contribution in [2.45, 2.75) is 26.7 Å². The van der Waals surface area contributed by atoms with E-state index in [1.807, 2.05) is 6.92 Å². The Bertz CT molecular complexity index is 564. The Hall–Kier alpha value is -2.17. The van der Waals surface area contributed by atoms with E-state index in [1.165, 1.54) is 6.92 Å². The van der Waals surface area contributed by atoms with E-state index in [1.54, 1.807) is 24.3 Å². The Balaban J connectivity index is 2.06. The number of carboxylic acid groups (broad SMARTS) is 1. The number of anilines is 1. The lowest BCUT2D eigenvalue weighted by molar-refractivity contribution is -0.145. The molecule has 5 nitrogen and oxygen atoms in total. The van der Waals surface area contributed by atoms with Crippen LogP contribution in [0.4, 0.5) is 5.69 Å². The third-order valence-corrected chi connectivity index (χ3v) is 4.01. The minimum Gasteiger partial charge on any atom is -0.481 e. The van der Waals surface area contributed by atoms with Gasteiger partial charge in [-0.3, -0.25) is 14.4 Å². The average Bonchev–Trinajstić information content (AvgIpc) is 2.82. The number of carbonyl (C=O) groups is 3. The normalized spacial score (nSPS) is 24.6. The highest BCUT2D eigenvalue weighted by molar-refractivity contribution is 5.97.